The Morgan fingerprint density at radius 2 is 1.19 bits per heavy atom. The molecule has 0 amide bonds. The quantitative estimate of drug-likeness (QED) is 0.133. The van der Waals surface area contributed by atoms with Crippen molar-refractivity contribution in [1.82, 2.24) is 58.9 Å². The van der Waals surface area contributed by atoms with Crippen LogP contribution in [0.3, 0.4) is 0 Å². The van der Waals surface area contributed by atoms with E-state index < -0.39 is 0 Å². The van der Waals surface area contributed by atoms with Crippen molar-refractivity contribution < 1.29 is 4.42 Å². The summed E-state index contributed by atoms with van der Waals surface area (Å²) >= 11 is 5.18. The van der Waals surface area contributed by atoms with Gasteiger partial charge >= 0.3 is 0 Å². The predicted octanol–water partition coefficient (Wildman–Crippen LogP) is 17.4. The second-order valence-corrected chi connectivity index (χ2v) is 26.9. The van der Waals surface area contributed by atoms with Gasteiger partial charge in [0, 0.05) is 103 Å². The molecule has 18 heteroatoms. The lowest BCUT2D eigenvalue weighted by atomic mass is 10.1. The minimum absolute atomic E-state index is 0.0312. The minimum atomic E-state index is 0.0312. The second kappa shape index (κ2) is 38.2. The lowest BCUT2D eigenvalue weighted by molar-refractivity contribution is 0.450. The number of halogens is 1. The third-order valence-corrected chi connectivity index (χ3v) is 14.7. The minimum Gasteiger partial charge on any atom is -0.446 e. The van der Waals surface area contributed by atoms with Crippen molar-refractivity contribution in [3.8, 4) is 0 Å². The van der Waals surface area contributed by atoms with Gasteiger partial charge in [-0.2, -0.15) is 20.4 Å². The van der Waals surface area contributed by atoms with Crippen molar-refractivity contribution >= 4 is 38.7 Å². The molecule has 16 nitrogen and oxygen atoms in total. The summed E-state index contributed by atoms with van der Waals surface area (Å²) in [6.45, 7) is 49.4. The number of aromatic nitrogens is 12. The number of allylic oxidation sites excluding steroid dienone is 2. The third-order valence-electron chi connectivity index (χ3n) is 13.0. The molecule has 472 valence electrons. The molecule has 10 rings (SSSR count). The lowest BCUT2D eigenvalue weighted by Crippen LogP contribution is -2.09. The molecule has 1 saturated carbocycles. The summed E-state index contributed by atoms with van der Waals surface area (Å²) in [7, 11) is 5.59. The lowest BCUT2D eigenvalue weighted by Gasteiger charge is -1.98. The van der Waals surface area contributed by atoms with Gasteiger partial charge in [0.1, 0.15) is 5.76 Å². The molecule has 0 bridgehead atoms. The van der Waals surface area contributed by atoms with E-state index >= 15 is 0 Å². The van der Waals surface area contributed by atoms with Gasteiger partial charge in [-0.25, -0.2) is 9.97 Å². The largest absolute Gasteiger partial charge is 0.446 e. The van der Waals surface area contributed by atoms with Gasteiger partial charge in [0.2, 0.25) is 0 Å². The van der Waals surface area contributed by atoms with Crippen LogP contribution in [0.4, 0.5) is 0 Å². The van der Waals surface area contributed by atoms with Crippen LogP contribution in [0.1, 0.15) is 249 Å². The first-order valence-corrected chi connectivity index (χ1v) is 32.2. The summed E-state index contributed by atoms with van der Waals surface area (Å²) in [6.07, 6.45) is 20.6. The average Bonchev–Trinajstić information content (AvgIpc) is 4.38. The molecule has 0 aromatic carbocycles. The molecule has 2 aliphatic heterocycles. The number of H-pyrrole nitrogens is 1. The molecule has 1 fully saturated rings. The van der Waals surface area contributed by atoms with Gasteiger partial charge in [0.15, 0.2) is 5.89 Å². The van der Waals surface area contributed by atoms with Crippen molar-refractivity contribution in [2.24, 2.45) is 43.0 Å². The Balaban J connectivity index is 0.000000327. The monoisotopic (exact) mass is 1250 g/mol. The fourth-order valence-electron chi connectivity index (χ4n) is 7.31. The van der Waals surface area contributed by atoms with Gasteiger partial charge < -0.3 is 4.42 Å². The van der Waals surface area contributed by atoms with Gasteiger partial charge in [-0.15, -0.1) is 11.3 Å². The smallest absolute Gasteiger partial charge is 0.266 e. The summed E-state index contributed by atoms with van der Waals surface area (Å²) < 4.78 is 15.6. The first-order chi connectivity index (χ1) is 39.8. The van der Waals surface area contributed by atoms with Crippen molar-refractivity contribution in [1.29, 1.82) is 0 Å². The van der Waals surface area contributed by atoms with Crippen LogP contribution in [0, 0.1) is 25.7 Å². The maximum atomic E-state index is 10.9. The Morgan fingerprint density at radius 1 is 0.624 bits per heavy atom. The standard InChI is InChI=1S/C9H14N2.C8H14N2.C8H13N.C7H10BrN.C7H12N2O.2C7H12N2.C7H11NO.C7H11NS/c1-7(2)9-5-6-11(10-9)8-3-4-8;1-4-10-6-5-8(9-10)7(2)3;1-6(2)8-4-7(3)5-9-8;1-5(2)7-3-6(8)4-9-7;1-5(2)6-4-7(10)9(3)8-6;1-6(2)7-4-8-9(3)5-7;1-6(2)7-4-5-9(3)8-7;2*1-5(2)7-8-4-6(3)9-7/h5-8H,3-4H2,1-2H3;5-7H,4H2,1-3H3;4,6H,5H2,1-3H3;3,5H,4H2,1-2H3;4-5,8H,1-3H3;2*4-6H,1-3H3;2*4-5H,1-3H3. The molecule has 0 spiro atoms. The Labute approximate surface area is 524 Å². The van der Waals surface area contributed by atoms with Gasteiger partial charge in [0.05, 0.1) is 53.6 Å². The van der Waals surface area contributed by atoms with E-state index in [0.717, 1.165) is 48.7 Å². The SMILES string of the molecule is CC(C)C1=NCC(Br)=C1.CC(C)c1cc(=O)n(C)[nH]1.CC(C)c1ccn(C)n1.CC(C)c1ccn(C2CC2)n1.CC(C)c1cnn(C)c1.CC1=CC(C(C)C)=NC1.CCn1ccc(C(C)C)n1.Cc1cnc(C(C)C)o1.Cc1cnc(C(C)C)s1. The first-order valence-electron chi connectivity index (χ1n) is 30.6. The van der Waals surface area contributed by atoms with E-state index in [1.807, 2.05) is 86.0 Å². The first kappa shape index (κ1) is 75.1. The Kier molecular flexibility index (Phi) is 33.8. The molecular weight excluding hydrogens is 1140 g/mol. The van der Waals surface area contributed by atoms with Crippen LogP contribution in [-0.4, -0.2) is 83.4 Å². The molecular formula is C67H109BrN14O2S. The van der Waals surface area contributed by atoms with Crippen molar-refractivity contribution in [3.63, 3.8) is 0 Å². The molecule has 0 atom stereocenters. The molecule has 0 radical (unpaired) electrons. The number of hydrogen-bond acceptors (Lipinski definition) is 11. The van der Waals surface area contributed by atoms with Crippen LogP contribution in [0.15, 0.2) is 109 Å². The van der Waals surface area contributed by atoms with E-state index in [2.05, 4.69) is 228 Å². The number of rotatable bonds is 11. The summed E-state index contributed by atoms with van der Waals surface area (Å²) in [5, 5.41) is 21.3. The van der Waals surface area contributed by atoms with Crippen LogP contribution in [0.2, 0.25) is 0 Å². The third kappa shape index (κ3) is 29.8. The number of nitrogens with zero attached hydrogens (tertiary/aromatic N) is 13. The fraction of sp³-hybridized carbons (Fsp3) is 0.597. The molecule has 0 saturated heterocycles. The van der Waals surface area contributed by atoms with E-state index in [-0.39, 0.29) is 5.56 Å². The number of aromatic amines is 1. The molecule has 7 aromatic heterocycles. The van der Waals surface area contributed by atoms with Crippen LogP contribution >= 0.6 is 27.3 Å². The zero-order valence-electron chi connectivity index (χ0n) is 56.7. The number of nitrogens with one attached hydrogen (secondary N) is 1. The Hall–Kier alpha value is -6.01. The van der Waals surface area contributed by atoms with E-state index in [1.165, 1.54) is 65.8 Å². The topological polar surface area (TPSA) is 173 Å². The fourth-order valence-corrected chi connectivity index (χ4v) is 8.44. The number of aryl methyl sites for hydroxylation is 6. The summed E-state index contributed by atoms with van der Waals surface area (Å²) in [4.78, 5) is 29.1. The van der Waals surface area contributed by atoms with Gasteiger partial charge in [-0.3, -0.25) is 43.3 Å². The second-order valence-electron chi connectivity index (χ2n) is 24.6. The molecule has 3 aliphatic rings. The van der Waals surface area contributed by atoms with E-state index in [4.69, 9.17) is 4.42 Å². The molecule has 7 aromatic rings. The van der Waals surface area contributed by atoms with Crippen LogP contribution in [-0.2, 0) is 27.7 Å². The highest BCUT2D eigenvalue weighted by Crippen LogP contribution is 2.34. The Bertz CT molecular complexity index is 2900. The highest BCUT2D eigenvalue weighted by atomic mass is 79.9. The molecule has 0 unspecified atom stereocenters. The zero-order valence-corrected chi connectivity index (χ0v) is 59.1. The maximum absolute atomic E-state index is 10.9. The number of aliphatic imine (C=N–C) groups is 2. The highest BCUT2D eigenvalue weighted by molar-refractivity contribution is 9.11. The van der Waals surface area contributed by atoms with Crippen molar-refractivity contribution in [2.75, 3.05) is 13.1 Å². The maximum Gasteiger partial charge on any atom is 0.266 e. The summed E-state index contributed by atoms with van der Waals surface area (Å²) in [6, 6.07) is 8.61. The van der Waals surface area contributed by atoms with Gasteiger partial charge in [-0.05, 0) is 118 Å². The van der Waals surface area contributed by atoms with Crippen LogP contribution in [0.25, 0.3) is 0 Å². The predicted molar refractivity (Wildman–Crippen MR) is 363 cm³/mol. The molecule has 1 N–H and O–H groups in total. The van der Waals surface area contributed by atoms with Gasteiger partial charge in [-0.1, -0.05) is 146 Å². The highest BCUT2D eigenvalue weighted by Gasteiger charge is 2.24. The van der Waals surface area contributed by atoms with Gasteiger partial charge in [0.25, 0.3) is 5.56 Å². The van der Waals surface area contributed by atoms with Crippen molar-refractivity contribution in [2.45, 2.75) is 219 Å². The molecule has 85 heavy (non-hydrogen) atoms. The number of hydrogen-bond donors (Lipinski definition) is 1. The normalized spacial score (nSPS) is 13.2. The summed E-state index contributed by atoms with van der Waals surface area (Å²) in [5.74, 6) is 6.53. The Morgan fingerprint density at radius 3 is 1.45 bits per heavy atom. The number of oxazole rings is 1. The van der Waals surface area contributed by atoms with E-state index in [9.17, 15) is 4.79 Å². The van der Waals surface area contributed by atoms with Crippen molar-refractivity contribution in [3.05, 3.63) is 150 Å². The van der Waals surface area contributed by atoms with Crippen LogP contribution < -0.4 is 5.56 Å². The summed E-state index contributed by atoms with van der Waals surface area (Å²) in [5.41, 5.74) is 9.75. The van der Waals surface area contributed by atoms with E-state index in [1.54, 1.807) is 30.6 Å². The average molecular weight is 1250 g/mol. The molecule has 1 aliphatic carbocycles. The number of thiazole rings is 1. The molecule has 9 heterocycles. The van der Waals surface area contributed by atoms with Crippen LogP contribution in [0.5, 0.6) is 0 Å². The zero-order chi connectivity index (χ0) is 64.2. The van der Waals surface area contributed by atoms with E-state index in [0.29, 0.717) is 53.3 Å².